The molecule has 102 valence electrons. The highest BCUT2D eigenvalue weighted by Gasteiger charge is 2.19. The quantitative estimate of drug-likeness (QED) is 0.603. The molecule has 1 aliphatic heterocycles. The molecule has 0 spiro atoms. The lowest BCUT2D eigenvalue weighted by atomic mass is 9.97. The molecule has 0 radical (unpaired) electrons. The van der Waals surface area contributed by atoms with Gasteiger partial charge in [-0.05, 0) is 25.9 Å². The van der Waals surface area contributed by atoms with Crippen LogP contribution in [-0.4, -0.2) is 36.6 Å². The minimum absolute atomic E-state index is 0.0141. The van der Waals surface area contributed by atoms with E-state index >= 15 is 0 Å². The number of nitrogens with zero attached hydrogens (tertiary/aromatic N) is 1. The highest BCUT2D eigenvalue weighted by molar-refractivity contribution is 5.98. The second-order valence-corrected chi connectivity index (χ2v) is 5.37. The number of ketones is 1. The first kappa shape index (κ1) is 13.9. The maximum absolute atomic E-state index is 12.3. The molecule has 0 amide bonds. The van der Waals surface area contributed by atoms with Crippen molar-refractivity contribution in [3.63, 3.8) is 0 Å². The van der Waals surface area contributed by atoms with Crippen molar-refractivity contribution in [1.82, 2.24) is 4.90 Å². The Morgan fingerprint density at radius 1 is 1.21 bits per heavy atom. The molecule has 1 aromatic carbocycles. The molecule has 3 nitrogen and oxygen atoms in total. The molecule has 1 saturated heterocycles. The third kappa shape index (κ3) is 3.74. The molecule has 0 bridgehead atoms. The van der Waals surface area contributed by atoms with Crippen molar-refractivity contribution in [3.05, 3.63) is 35.4 Å². The molecule has 1 heterocycles. The molecule has 0 aliphatic carbocycles. The van der Waals surface area contributed by atoms with E-state index < -0.39 is 0 Å². The van der Waals surface area contributed by atoms with Gasteiger partial charge in [0.25, 0.3) is 0 Å². The van der Waals surface area contributed by atoms with Gasteiger partial charge < -0.3 is 4.90 Å². The highest BCUT2D eigenvalue weighted by atomic mass is 16.1. The van der Waals surface area contributed by atoms with Crippen LogP contribution in [0.25, 0.3) is 0 Å². The van der Waals surface area contributed by atoms with Gasteiger partial charge in [-0.1, -0.05) is 37.6 Å². The van der Waals surface area contributed by atoms with Crippen molar-refractivity contribution in [2.45, 2.75) is 26.2 Å². The SMILES string of the molecule is CC(CN1CCCCC1)C(=O)c1ccc(C=O)cc1. The molecule has 2 rings (SSSR count). The number of likely N-dealkylation sites (tertiary alicyclic amines) is 1. The van der Waals surface area contributed by atoms with Crippen molar-refractivity contribution in [2.24, 2.45) is 5.92 Å². The van der Waals surface area contributed by atoms with Crippen molar-refractivity contribution >= 4 is 12.1 Å². The number of hydrogen-bond acceptors (Lipinski definition) is 3. The second kappa shape index (κ2) is 6.62. The topological polar surface area (TPSA) is 37.4 Å². The zero-order valence-corrected chi connectivity index (χ0v) is 11.5. The third-order valence-corrected chi connectivity index (χ3v) is 3.76. The first-order chi connectivity index (χ1) is 9.20. The molecule has 3 heteroatoms. The van der Waals surface area contributed by atoms with Gasteiger partial charge in [-0.2, -0.15) is 0 Å². The zero-order valence-electron chi connectivity index (χ0n) is 11.5. The number of carbonyl (C=O) groups is 2. The lowest BCUT2D eigenvalue weighted by Gasteiger charge is -2.28. The number of piperidine rings is 1. The summed E-state index contributed by atoms with van der Waals surface area (Å²) in [7, 11) is 0. The minimum atomic E-state index is 0.0141. The first-order valence-corrected chi connectivity index (χ1v) is 7.02. The Kier molecular flexibility index (Phi) is 4.86. The lowest BCUT2D eigenvalue weighted by Crippen LogP contribution is -2.35. The predicted molar refractivity (Wildman–Crippen MR) is 75.6 cm³/mol. The molecule has 1 unspecified atom stereocenters. The van der Waals surface area contributed by atoms with Gasteiger partial charge in [0.2, 0.25) is 0 Å². The zero-order chi connectivity index (χ0) is 13.7. The van der Waals surface area contributed by atoms with E-state index in [1.54, 1.807) is 24.3 Å². The van der Waals surface area contributed by atoms with Gasteiger partial charge in [0.1, 0.15) is 6.29 Å². The van der Waals surface area contributed by atoms with Crippen LogP contribution in [0.4, 0.5) is 0 Å². The van der Waals surface area contributed by atoms with Crippen LogP contribution >= 0.6 is 0 Å². The van der Waals surface area contributed by atoms with Crippen LogP contribution in [-0.2, 0) is 0 Å². The number of hydrogen-bond donors (Lipinski definition) is 0. The fraction of sp³-hybridized carbons (Fsp3) is 0.500. The largest absolute Gasteiger partial charge is 0.303 e. The summed E-state index contributed by atoms with van der Waals surface area (Å²) in [5.41, 5.74) is 1.32. The van der Waals surface area contributed by atoms with Gasteiger partial charge in [0.15, 0.2) is 5.78 Å². The van der Waals surface area contributed by atoms with Crippen LogP contribution in [0, 0.1) is 5.92 Å². The smallest absolute Gasteiger partial charge is 0.166 e. The normalized spacial score (nSPS) is 17.9. The van der Waals surface area contributed by atoms with E-state index in [2.05, 4.69) is 4.90 Å². The number of aldehydes is 1. The molecule has 0 N–H and O–H groups in total. The van der Waals surface area contributed by atoms with E-state index in [1.165, 1.54) is 19.3 Å². The Balaban J connectivity index is 1.95. The molecule has 0 aromatic heterocycles. The standard InChI is InChI=1S/C16H21NO2/c1-13(11-17-9-3-2-4-10-17)16(19)15-7-5-14(12-18)6-8-15/h5-8,12-13H,2-4,9-11H2,1H3. The van der Waals surface area contributed by atoms with Crippen LogP contribution in [0.5, 0.6) is 0 Å². The summed E-state index contributed by atoms with van der Waals surface area (Å²) in [6.07, 6.45) is 4.60. The number of rotatable bonds is 5. The molecule has 1 aromatic rings. The van der Waals surface area contributed by atoms with E-state index in [0.29, 0.717) is 11.1 Å². The predicted octanol–water partition coefficient (Wildman–Crippen LogP) is 2.80. The lowest BCUT2D eigenvalue weighted by molar-refractivity contribution is 0.0883. The van der Waals surface area contributed by atoms with Crippen LogP contribution < -0.4 is 0 Å². The van der Waals surface area contributed by atoms with Crippen LogP contribution in [0.1, 0.15) is 46.9 Å². The Hall–Kier alpha value is -1.48. The molecule has 0 saturated carbocycles. The van der Waals surface area contributed by atoms with Gasteiger partial charge in [0, 0.05) is 23.6 Å². The van der Waals surface area contributed by atoms with Crippen LogP contribution in [0.3, 0.4) is 0 Å². The van der Waals surface area contributed by atoms with Crippen LogP contribution in [0.2, 0.25) is 0 Å². The summed E-state index contributed by atoms with van der Waals surface area (Å²) in [4.78, 5) is 25.3. The van der Waals surface area contributed by atoms with Gasteiger partial charge >= 0.3 is 0 Å². The summed E-state index contributed by atoms with van der Waals surface area (Å²) in [5.74, 6) is 0.184. The summed E-state index contributed by atoms with van der Waals surface area (Å²) in [6.45, 7) is 5.06. The highest BCUT2D eigenvalue weighted by Crippen LogP contribution is 2.15. The maximum atomic E-state index is 12.3. The number of benzene rings is 1. The van der Waals surface area contributed by atoms with Gasteiger partial charge in [-0.3, -0.25) is 9.59 Å². The monoisotopic (exact) mass is 259 g/mol. The van der Waals surface area contributed by atoms with Crippen molar-refractivity contribution in [2.75, 3.05) is 19.6 Å². The van der Waals surface area contributed by atoms with E-state index in [-0.39, 0.29) is 11.7 Å². The van der Waals surface area contributed by atoms with Crippen molar-refractivity contribution < 1.29 is 9.59 Å². The van der Waals surface area contributed by atoms with E-state index in [4.69, 9.17) is 0 Å². The average molecular weight is 259 g/mol. The molecule has 1 aliphatic rings. The minimum Gasteiger partial charge on any atom is -0.303 e. The Morgan fingerprint density at radius 3 is 2.42 bits per heavy atom. The van der Waals surface area contributed by atoms with Crippen molar-refractivity contribution in [3.8, 4) is 0 Å². The second-order valence-electron chi connectivity index (χ2n) is 5.37. The molecular weight excluding hydrogens is 238 g/mol. The fourth-order valence-electron chi connectivity index (χ4n) is 2.62. The first-order valence-electron chi connectivity index (χ1n) is 7.02. The van der Waals surface area contributed by atoms with Gasteiger partial charge in [-0.25, -0.2) is 0 Å². The Bertz CT molecular complexity index is 433. The number of Topliss-reactive ketones (excluding diaryl/α,β-unsaturated/α-hetero) is 1. The van der Waals surface area contributed by atoms with Gasteiger partial charge in [-0.15, -0.1) is 0 Å². The van der Waals surface area contributed by atoms with E-state index in [0.717, 1.165) is 25.9 Å². The number of carbonyl (C=O) groups excluding carboxylic acids is 2. The average Bonchev–Trinajstić information content (AvgIpc) is 2.47. The molecular formula is C16H21NO2. The molecule has 1 fully saturated rings. The summed E-state index contributed by atoms with van der Waals surface area (Å²) in [6, 6.07) is 6.90. The van der Waals surface area contributed by atoms with E-state index in [9.17, 15) is 9.59 Å². The fourth-order valence-corrected chi connectivity index (χ4v) is 2.62. The summed E-state index contributed by atoms with van der Waals surface area (Å²) >= 11 is 0. The Labute approximate surface area is 114 Å². The van der Waals surface area contributed by atoms with Crippen molar-refractivity contribution in [1.29, 1.82) is 0 Å². The third-order valence-electron chi connectivity index (χ3n) is 3.76. The molecule has 19 heavy (non-hydrogen) atoms. The van der Waals surface area contributed by atoms with Crippen LogP contribution in [0.15, 0.2) is 24.3 Å². The molecule has 1 atom stereocenters. The summed E-state index contributed by atoms with van der Waals surface area (Å²) in [5, 5.41) is 0. The maximum Gasteiger partial charge on any atom is 0.166 e. The van der Waals surface area contributed by atoms with E-state index in [1.807, 2.05) is 6.92 Å². The summed E-state index contributed by atoms with van der Waals surface area (Å²) < 4.78 is 0. The Morgan fingerprint density at radius 2 is 1.84 bits per heavy atom. The van der Waals surface area contributed by atoms with Gasteiger partial charge in [0.05, 0.1) is 0 Å².